The molecule has 1 aromatic carbocycles. The van der Waals surface area contributed by atoms with E-state index in [9.17, 15) is 14.4 Å². The van der Waals surface area contributed by atoms with Crippen LogP contribution in [0.4, 0.5) is 11.4 Å². The zero-order valence-corrected chi connectivity index (χ0v) is 21.6. The summed E-state index contributed by atoms with van der Waals surface area (Å²) in [5.41, 5.74) is 2.24. The summed E-state index contributed by atoms with van der Waals surface area (Å²) in [5, 5.41) is 3.03. The van der Waals surface area contributed by atoms with Crippen molar-refractivity contribution in [3.8, 4) is 0 Å². The number of likely N-dealkylation sites (N-methyl/N-ethyl adjacent to an activating group) is 1. The minimum atomic E-state index is -0.226. The molecule has 1 atom stereocenters. The number of benzene rings is 1. The number of fused-ring (bicyclic) bond motifs is 3. The van der Waals surface area contributed by atoms with Gasteiger partial charge < -0.3 is 24.9 Å². The molecule has 0 saturated carbocycles. The Kier molecular flexibility index (Phi) is 7.76. The number of piperazine rings is 1. The summed E-state index contributed by atoms with van der Waals surface area (Å²) in [5.74, 6) is -0.161. The third kappa shape index (κ3) is 5.37. The molecule has 3 amide bonds. The predicted molar refractivity (Wildman–Crippen MR) is 140 cm³/mol. The maximum Gasteiger partial charge on any atom is 0.253 e. The normalized spacial score (nSPS) is 23.0. The third-order valence-electron chi connectivity index (χ3n) is 8.14. The van der Waals surface area contributed by atoms with Crippen molar-refractivity contribution in [2.45, 2.75) is 44.6 Å². The fourth-order valence-corrected chi connectivity index (χ4v) is 5.96. The standard InChI is InChI=1S/C27H40N6O3/c1-29-15-17-30(18-16-29)11-6-10-28-25(34)20-33-24-19-21(26(35)31-12-4-5-13-31)8-9-22(24)32-14-3-2-7-23(32)27(33)36/h8-9,19,23H,2-7,10-18,20H2,1H3,(H,28,34)/t23-/m1/s1. The van der Waals surface area contributed by atoms with Crippen molar-refractivity contribution in [3.05, 3.63) is 23.8 Å². The van der Waals surface area contributed by atoms with Crippen LogP contribution < -0.4 is 15.1 Å². The van der Waals surface area contributed by atoms with E-state index in [1.54, 1.807) is 4.90 Å². The van der Waals surface area contributed by atoms with Gasteiger partial charge in [0.05, 0.1) is 11.4 Å². The number of nitrogens with zero attached hydrogens (tertiary/aromatic N) is 5. The summed E-state index contributed by atoms with van der Waals surface area (Å²) in [4.78, 5) is 50.0. The monoisotopic (exact) mass is 496 g/mol. The lowest BCUT2D eigenvalue weighted by Gasteiger charge is -2.45. The Morgan fingerprint density at radius 3 is 2.47 bits per heavy atom. The van der Waals surface area contributed by atoms with E-state index in [1.165, 1.54) is 0 Å². The van der Waals surface area contributed by atoms with Crippen LogP contribution in [-0.2, 0) is 9.59 Å². The van der Waals surface area contributed by atoms with Crippen molar-refractivity contribution in [1.29, 1.82) is 0 Å². The first kappa shape index (κ1) is 25.0. The predicted octanol–water partition coefficient (Wildman–Crippen LogP) is 1.38. The van der Waals surface area contributed by atoms with Gasteiger partial charge >= 0.3 is 0 Å². The van der Waals surface area contributed by atoms with Crippen molar-refractivity contribution in [3.63, 3.8) is 0 Å². The highest BCUT2D eigenvalue weighted by Crippen LogP contribution is 2.40. The van der Waals surface area contributed by atoms with Crippen LogP contribution in [0.3, 0.4) is 0 Å². The lowest BCUT2D eigenvalue weighted by atomic mass is 9.95. The summed E-state index contributed by atoms with van der Waals surface area (Å²) in [7, 11) is 2.15. The van der Waals surface area contributed by atoms with E-state index in [1.807, 2.05) is 23.1 Å². The molecule has 0 aromatic heterocycles. The molecule has 3 saturated heterocycles. The lowest BCUT2D eigenvalue weighted by molar-refractivity contribution is -0.125. The number of carbonyl (C=O) groups excluding carboxylic acids is 3. The van der Waals surface area contributed by atoms with Gasteiger partial charge in [0.25, 0.3) is 5.91 Å². The molecule has 0 aliphatic carbocycles. The minimum Gasteiger partial charge on any atom is -0.358 e. The van der Waals surface area contributed by atoms with Crippen LogP contribution in [0.1, 0.15) is 48.9 Å². The lowest BCUT2D eigenvalue weighted by Crippen LogP contribution is -2.57. The van der Waals surface area contributed by atoms with Gasteiger partial charge in [0.1, 0.15) is 12.6 Å². The zero-order chi connectivity index (χ0) is 25.1. The van der Waals surface area contributed by atoms with Crippen LogP contribution >= 0.6 is 0 Å². The SMILES string of the molecule is CN1CCN(CCCNC(=O)CN2C(=O)[C@H]3CCCCN3c3ccc(C(=O)N4CCCC4)cc32)CC1. The Labute approximate surface area is 214 Å². The van der Waals surface area contributed by atoms with Crippen LogP contribution in [0.15, 0.2) is 18.2 Å². The van der Waals surface area contributed by atoms with E-state index in [2.05, 4.69) is 27.1 Å². The van der Waals surface area contributed by atoms with Gasteiger partial charge in [-0.25, -0.2) is 0 Å². The van der Waals surface area contributed by atoms with E-state index in [4.69, 9.17) is 0 Å². The summed E-state index contributed by atoms with van der Waals surface area (Å²) < 4.78 is 0. The summed E-state index contributed by atoms with van der Waals surface area (Å²) in [6.45, 7) is 8.27. The van der Waals surface area contributed by atoms with Crippen LogP contribution in [0.25, 0.3) is 0 Å². The number of carbonyl (C=O) groups is 3. The highest BCUT2D eigenvalue weighted by molar-refractivity contribution is 6.09. The van der Waals surface area contributed by atoms with E-state index in [0.29, 0.717) is 17.8 Å². The highest BCUT2D eigenvalue weighted by atomic mass is 16.2. The number of piperidine rings is 1. The Bertz CT molecular complexity index is 970. The number of hydrogen-bond donors (Lipinski definition) is 1. The number of hydrogen-bond acceptors (Lipinski definition) is 6. The quantitative estimate of drug-likeness (QED) is 0.575. The maximum atomic E-state index is 13.6. The number of nitrogens with one attached hydrogen (secondary N) is 1. The zero-order valence-electron chi connectivity index (χ0n) is 21.6. The molecule has 1 N–H and O–H groups in total. The van der Waals surface area contributed by atoms with Crippen LogP contribution in [-0.4, -0.2) is 111 Å². The third-order valence-corrected chi connectivity index (χ3v) is 8.14. The molecule has 4 aliphatic heterocycles. The summed E-state index contributed by atoms with van der Waals surface area (Å²) >= 11 is 0. The van der Waals surface area contributed by atoms with Crippen LogP contribution in [0.5, 0.6) is 0 Å². The fourth-order valence-electron chi connectivity index (χ4n) is 5.96. The molecule has 36 heavy (non-hydrogen) atoms. The van der Waals surface area contributed by atoms with Gasteiger partial charge in [-0.15, -0.1) is 0 Å². The van der Waals surface area contributed by atoms with Crippen molar-refractivity contribution in [2.75, 3.05) is 82.3 Å². The molecule has 0 unspecified atom stereocenters. The molecule has 5 rings (SSSR count). The van der Waals surface area contributed by atoms with Gasteiger partial charge in [0.15, 0.2) is 0 Å². The molecule has 196 valence electrons. The molecule has 9 nitrogen and oxygen atoms in total. The molecular weight excluding hydrogens is 456 g/mol. The Balaban J connectivity index is 1.26. The average Bonchev–Trinajstić information content (AvgIpc) is 3.44. The summed E-state index contributed by atoms with van der Waals surface area (Å²) in [6.07, 6.45) is 5.82. The first-order chi connectivity index (χ1) is 17.5. The molecule has 3 fully saturated rings. The smallest absolute Gasteiger partial charge is 0.253 e. The van der Waals surface area contributed by atoms with Crippen molar-refractivity contribution in [1.82, 2.24) is 20.0 Å². The number of amides is 3. The van der Waals surface area contributed by atoms with Gasteiger partial charge in [-0.3, -0.25) is 19.3 Å². The Morgan fingerprint density at radius 1 is 0.944 bits per heavy atom. The molecule has 1 aromatic rings. The Morgan fingerprint density at radius 2 is 1.69 bits per heavy atom. The van der Waals surface area contributed by atoms with Crippen molar-refractivity contribution < 1.29 is 14.4 Å². The van der Waals surface area contributed by atoms with Crippen molar-refractivity contribution >= 4 is 29.1 Å². The topological polar surface area (TPSA) is 79.4 Å². The second-order valence-electron chi connectivity index (χ2n) is 10.7. The Hall–Kier alpha value is -2.65. The van der Waals surface area contributed by atoms with E-state index in [-0.39, 0.29) is 30.3 Å². The van der Waals surface area contributed by atoms with E-state index < -0.39 is 0 Å². The van der Waals surface area contributed by atoms with Crippen LogP contribution in [0.2, 0.25) is 0 Å². The second kappa shape index (κ2) is 11.2. The molecule has 0 radical (unpaired) electrons. The molecule has 9 heteroatoms. The number of rotatable bonds is 7. The van der Waals surface area contributed by atoms with E-state index in [0.717, 1.165) is 96.6 Å². The average molecular weight is 497 g/mol. The van der Waals surface area contributed by atoms with Gasteiger partial charge in [-0.1, -0.05) is 0 Å². The van der Waals surface area contributed by atoms with Gasteiger partial charge in [-0.2, -0.15) is 0 Å². The molecule has 0 bridgehead atoms. The first-order valence-electron chi connectivity index (χ1n) is 13.7. The van der Waals surface area contributed by atoms with Gasteiger partial charge in [0, 0.05) is 57.9 Å². The molecule has 0 spiro atoms. The van der Waals surface area contributed by atoms with Crippen molar-refractivity contribution in [2.24, 2.45) is 0 Å². The number of anilines is 2. The molecule has 4 heterocycles. The minimum absolute atomic E-state index is 0.00790. The van der Waals surface area contributed by atoms with E-state index >= 15 is 0 Å². The fraction of sp³-hybridized carbons (Fsp3) is 0.667. The first-order valence-corrected chi connectivity index (χ1v) is 13.7. The molecular formula is C27H40N6O3. The van der Waals surface area contributed by atoms with Gasteiger partial charge in [-0.05, 0) is 70.3 Å². The largest absolute Gasteiger partial charge is 0.358 e. The number of likely N-dealkylation sites (tertiary alicyclic amines) is 1. The van der Waals surface area contributed by atoms with Gasteiger partial charge in [0.2, 0.25) is 11.8 Å². The maximum absolute atomic E-state index is 13.6. The summed E-state index contributed by atoms with van der Waals surface area (Å²) in [6, 6.07) is 5.47. The molecule has 4 aliphatic rings. The highest BCUT2D eigenvalue weighted by Gasteiger charge is 2.40. The second-order valence-corrected chi connectivity index (χ2v) is 10.7. The van der Waals surface area contributed by atoms with Crippen LogP contribution in [0, 0.1) is 0 Å².